The van der Waals surface area contributed by atoms with Crippen LogP contribution >= 0.6 is 0 Å². The Morgan fingerprint density at radius 1 is 0.540 bits per heavy atom. The predicted molar refractivity (Wildman–Crippen MR) is 202 cm³/mol. The highest BCUT2D eigenvalue weighted by Gasteiger charge is 2.54. The number of rotatable bonds is 11. The van der Waals surface area contributed by atoms with E-state index >= 15 is 0 Å². The van der Waals surface area contributed by atoms with E-state index in [4.69, 9.17) is 52.1 Å². The quantitative estimate of drug-likeness (QED) is 0.186. The van der Waals surface area contributed by atoms with Crippen molar-refractivity contribution in [3.63, 3.8) is 0 Å². The Morgan fingerprint density at radius 3 is 1.41 bits per heavy atom. The van der Waals surface area contributed by atoms with Crippen molar-refractivity contribution in [1.29, 1.82) is 0 Å². The Labute approximate surface area is 357 Å². The summed E-state index contributed by atoms with van der Waals surface area (Å²) in [6, 6.07) is 3.87. The van der Waals surface area contributed by atoms with Gasteiger partial charge in [0, 0.05) is 55.4 Å². The Balaban J connectivity index is 1.80. The largest absolute Gasteiger partial charge is 0.507 e. The van der Waals surface area contributed by atoms with Crippen LogP contribution in [0.1, 0.15) is 107 Å². The van der Waals surface area contributed by atoms with E-state index in [1.807, 2.05) is 0 Å². The van der Waals surface area contributed by atoms with Crippen LogP contribution in [0.3, 0.4) is 0 Å². The number of ether oxygens (including phenoxy) is 11. The number of carbonyl (C=O) groups is 9. The fourth-order valence-electron chi connectivity index (χ4n) is 7.47. The second kappa shape index (κ2) is 19.5. The van der Waals surface area contributed by atoms with Crippen molar-refractivity contribution in [3.05, 3.63) is 40.5 Å². The van der Waals surface area contributed by atoms with Crippen LogP contribution in [0.4, 0.5) is 0 Å². The number of hydrogen-bond acceptors (Lipinski definition) is 22. The van der Waals surface area contributed by atoms with Gasteiger partial charge in [-0.25, -0.2) is 0 Å². The highest BCUT2D eigenvalue weighted by atomic mass is 16.7. The molecule has 2 aromatic carbocycles. The average molecular weight is 889 g/mol. The molecule has 1 unspecified atom stereocenters. The third kappa shape index (κ3) is 10.8. The molecule has 22 heteroatoms. The third-order valence-electron chi connectivity index (χ3n) is 9.50. The molecule has 3 aliphatic rings. The zero-order chi connectivity index (χ0) is 46.6. The minimum Gasteiger partial charge on any atom is -0.507 e. The minimum absolute atomic E-state index is 0.134. The first-order valence-electron chi connectivity index (χ1n) is 19.2. The fourth-order valence-corrected chi connectivity index (χ4v) is 7.47. The molecular formula is C41H44O22. The lowest BCUT2D eigenvalue weighted by Crippen LogP contribution is -2.55. The Hall–Kier alpha value is -6.81. The summed E-state index contributed by atoms with van der Waals surface area (Å²) < 4.78 is 61.7. The molecule has 9 atom stereocenters. The van der Waals surface area contributed by atoms with Crippen LogP contribution in [0, 0.1) is 0 Å². The molecule has 0 bridgehead atoms. The number of phenolic OH excluding ortho intramolecular Hbond substituents is 2. The summed E-state index contributed by atoms with van der Waals surface area (Å²) >= 11 is 0. The van der Waals surface area contributed by atoms with Crippen molar-refractivity contribution in [3.8, 4) is 28.7 Å². The van der Waals surface area contributed by atoms with E-state index in [0.29, 0.717) is 0 Å². The van der Waals surface area contributed by atoms with Crippen LogP contribution in [0.15, 0.2) is 18.2 Å². The van der Waals surface area contributed by atoms with E-state index in [-0.39, 0.29) is 17.1 Å². The molecular weight excluding hydrogens is 844 g/mol. The first kappa shape index (κ1) is 47.2. The van der Waals surface area contributed by atoms with Crippen molar-refractivity contribution in [1.82, 2.24) is 0 Å². The van der Waals surface area contributed by atoms with Crippen molar-refractivity contribution < 1.29 is 105 Å². The maximum atomic E-state index is 14.4. The normalized spacial score (nSPS) is 25.1. The summed E-state index contributed by atoms with van der Waals surface area (Å²) in [4.78, 5) is 113. The summed E-state index contributed by atoms with van der Waals surface area (Å²) in [6.07, 6.45) is -15.3. The van der Waals surface area contributed by atoms with Crippen LogP contribution in [0.5, 0.6) is 28.7 Å². The number of carbonyl (C=O) groups excluding carboxylic acids is 9. The molecule has 63 heavy (non-hydrogen) atoms. The number of Topliss-reactive ketones (excluding diaryl/α,β-unsaturated/α-hetero) is 1. The lowest BCUT2D eigenvalue weighted by atomic mass is 9.83. The van der Waals surface area contributed by atoms with Crippen molar-refractivity contribution in [2.75, 3.05) is 13.2 Å². The first-order valence-corrected chi connectivity index (χ1v) is 19.2. The fraction of sp³-hybridized carbons (Fsp3) is 0.488. The molecule has 0 aromatic heterocycles. The predicted octanol–water partition coefficient (Wildman–Crippen LogP) is 2.39. The van der Waals surface area contributed by atoms with E-state index in [2.05, 4.69) is 0 Å². The molecule has 3 heterocycles. The van der Waals surface area contributed by atoms with Crippen LogP contribution < -0.4 is 14.2 Å². The zero-order valence-electron chi connectivity index (χ0n) is 35.1. The van der Waals surface area contributed by atoms with Crippen LogP contribution in [0.25, 0.3) is 0 Å². The van der Waals surface area contributed by atoms with Gasteiger partial charge in [0.25, 0.3) is 0 Å². The van der Waals surface area contributed by atoms with Gasteiger partial charge in [0.1, 0.15) is 41.1 Å². The van der Waals surface area contributed by atoms with Gasteiger partial charge < -0.3 is 62.3 Å². The molecule has 0 spiro atoms. The number of ketones is 1. The highest BCUT2D eigenvalue weighted by molar-refractivity contribution is 6.04. The molecule has 5 rings (SSSR count). The average Bonchev–Trinajstić information content (AvgIpc) is 3.14. The monoisotopic (exact) mass is 888 g/mol. The number of fused-ring (bicyclic) bond motifs is 1. The Morgan fingerprint density at radius 2 is 0.968 bits per heavy atom. The van der Waals surface area contributed by atoms with E-state index in [1.54, 1.807) is 0 Å². The maximum Gasteiger partial charge on any atom is 0.308 e. The highest BCUT2D eigenvalue weighted by Crippen LogP contribution is 2.56. The lowest BCUT2D eigenvalue weighted by molar-refractivity contribution is -0.228. The van der Waals surface area contributed by atoms with Gasteiger partial charge in [0.2, 0.25) is 0 Å². The van der Waals surface area contributed by atoms with Gasteiger partial charge in [0.05, 0.1) is 30.8 Å². The van der Waals surface area contributed by atoms with Crippen molar-refractivity contribution in [2.45, 2.75) is 117 Å². The molecule has 0 aliphatic carbocycles. The topological polar surface area (TPSA) is 296 Å². The summed E-state index contributed by atoms with van der Waals surface area (Å²) in [5.74, 6) is -11.0. The molecule has 0 amide bonds. The van der Waals surface area contributed by atoms with E-state index in [0.717, 1.165) is 55.4 Å². The van der Waals surface area contributed by atoms with Gasteiger partial charge in [0.15, 0.2) is 53.9 Å². The van der Waals surface area contributed by atoms with Crippen LogP contribution in [0.2, 0.25) is 0 Å². The molecule has 2 fully saturated rings. The van der Waals surface area contributed by atoms with E-state index in [1.165, 1.54) is 18.2 Å². The number of aromatic hydroxyl groups is 2. The Kier molecular flexibility index (Phi) is 14.6. The summed E-state index contributed by atoms with van der Waals surface area (Å²) in [6.45, 7) is 7.09. The lowest BCUT2D eigenvalue weighted by Gasteiger charge is -2.43. The Bertz CT molecular complexity index is 2210. The molecule has 2 N–H and O–H groups in total. The second-order valence-electron chi connectivity index (χ2n) is 14.5. The number of hydrogen-bond donors (Lipinski definition) is 2. The van der Waals surface area contributed by atoms with Crippen LogP contribution in [-0.4, -0.2) is 114 Å². The summed E-state index contributed by atoms with van der Waals surface area (Å²) in [5, 5.41) is 24.6. The summed E-state index contributed by atoms with van der Waals surface area (Å²) in [7, 11) is 0. The van der Waals surface area contributed by atoms with Gasteiger partial charge >= 0.3 is 47.8 Å². The van der Waals surface area contributed by atoms with E-state index in [9.17, 15) is 53.4 Å². The number of benzene rings is 2. The number of phenols is 2. The smallest absolute Gasteiger partial charge is 0.308 e. The third-order valence-corrected chi connectivity index (χ3v) is 9.50. The number of esters is 8. The van der Waals surface area contributed by atoms with Gasteiger partial charge in [-0.1, -0.05) is 6.07 Å². The SMILES string of the molecule is CC(=O)Oc1ccc(C2CC(=O)c3c(O)c([C@@H]4OC[C@H](OC(C)=O)[C@H](OC(C)=O)[C@H]4OC(C)=O)c(O)c([C@@H]4OC[C@@H](OC(C)=O)[C@H](OC(C)=O)[C@H]4OC(C)=O)c3O2)cc1OC(C)=O. The van der Waals surface area contributed by atoms with Gasteiger partial charge in [-0.15, -0.1) is 0 Å². The van der Waals surface area contributed by atoms with Crippen molar-refractivity contribution in [2.24, 2.45) is 0 Å². The maximum absolute atomic E-state index is 14.4. The molecule has 340 valence electrons. The molecule has 0 radical (unpaired) electrons. The second-order valence-corrected chi connectivity index (χ2v) is 14.5. The van der Waals surface area contributed by atoms with Crippen molar-refractivity contribution >= 4 is 53.5 Å². The van der Waals surface area contributed by atoms with E-state index < -0.39 is 162 Å². The van der Waals surface area contributed by atoms with Crippen LogP contribution in [-0.2, 0) is 76.3 Å². The van der Waals surface area contributed by atoms with Gasteiger partial charge in [-0.2, -0.15) is 0 Å². The summed E-state index contributed by atoms with van der Waals surface area (Å²) in [5.41, 5.74) is -1.72. The van der Waals surface area contributed by atoms with Gasteiger partial charge in [-0.3, -0.25) is 43.2 Å². The molecule has 2 saturated heterocycles. The minimum atomic E-state index is -1.84. The molecule has 3 aliphatic heterocycles. The first-order chi connectivity index (χ1) is 29.6. The zero-order valence-corrected chi connectivity index (χ0v) is 35.1. The standard InChI is InChI=1S/C41H44O22/c1-15(42)55-25-10-9-23(11-27(25)56-16(2)43)26-12-24(50)30-33(51)31(38-40(61-21(7)48)35(59-19(5)46)28(13-53-38)57-17(3)44)34(52)32(37(30)63-26)39-41(62-22(8)49)36(60-20(6)47)29(14-54-39)58-18(4)45/h9-11,26,28-29,35-36,38-41,51-52H,12-14H2,1-8H3/t26?,28-,29+,35-,36-,38-,39-,40+,41+/m0/s1. The van der Waals surface area contributed by atoms with Gasteiger partial charge in [-0.05, 0) is 17.7 Å². The molecule has 0 saturated carbocycles. The molecule has 22 nitrogen and oxygen atoms in total. The molecule has 2 aromatic rings.